The van der Waals surface area contributed by atoms with Gasteiger partial charge in [-0.05, 0) is 55.0 Å². The van der Waals surface area contributed by atoms with Gasteiger partial charge in [0, 0.05) is 24.9 Å². The first-order valence-corrected chi connectivity index (χ1v) is 17.3. The van der Waals surface area contributed by atoms with Gasteiger partial charge in [0.25, 0.3) is 0 Å². The Morgan fingerprint density at radius 3 is 2.66 bits per heavy atom. The third-order valence-electron chi connectivity index (χ3n) is 7.21. The second-order valence-electron chi connectivity index (χ2n) is 11.0. The second kappa shape index (κ2) is 14.5. The Hall–Kier alpha value is -2.88. The Morgan fingerprint density at radius 2 is 2.00 bits per heavy atom. The lowest BCUT2D eigenvalue weighted by molar-refractivity contribution is -0.126. The predicted octanol–water partition coefficient (Wildman–Crippen LogP) is 5.20. The van der Waals surface area contributed by atoms with Gasteiger partial charge in [-0.1, -0.05) is 24.0 Å². The zero-order valence-electron chi connectivity index (χ0n) is 24.3. The average Bonchev–Trinajstić information content (AvgIpc) is 3.29. The Morgan fingerprint density at radius 1 is 1.23 bits per heavy atom. The third-order valence-corrected chi connectivity index (χ3v) is 9.93. The van der Waals surface area contributed by atoms with E-state index in [2.05, 4.69) is 22.5 Å². The van der Waals surface area contributed by atoms with Gasteiger partial charge >= 0.3 is 6.18 Å². The lowest BCUT2D eigenvalue weighted by atomic mass is 10.0. The summed E-state index contributed by atoms with van der Waals surface area (Å²) in [5.74, 6) is 5.83. The van der Waals surface area contributed by atoms with Gasteiger partial charge < -0.3 is 30.1 Å². The number of hydrogen-bond acceptors (Lipinski definition) is 8. The molecule has 2 heterocycles. The maximum absolute atomic E-state index is 15.1. The van der Waals surface area contributed by atoms with Gasteiger partial charge in [0.15, 0.2) is 0 Å². The fraction of sp³-hybridized carbons (Fsp3) is 0.467. The quantitative estimate of drug-likeness (QED) is 0.128. The number of aliphatic hydroxyl groups excluding tert-OH is 2. The monoisotopic (exact) mass is 659 g/mol. The molecule has 4 rings (SSSR count). The topological polar surface area (TPSA) is 94.1 Å². The highest BCUT2D eigenvalue weighted by atomic mass is 32.1. The first-order valence-electron chi connectivity index (χ1n) is 13.9. The molecular weight excluding hydrogens is 624 g/mol. The summed E-state index contributed by atoms with van der Waals surface area (Å²) in [6.07, 6.45) is -7.53. The van der Waals surface area contributed by atoms with Crippen LogP contribution in [0.1, 0.15) is 16.9 Å². The number of β-amino-alcohol motifs (C(OH)–C–C–N with tert-alkyl or cyclic N) is 1. The molecule has 240 valence electrons. The van der Waals surface area contributed by atoms with E-state index in [9.17, 15) is 27.2 Å². The van der Waals surface area contributed by atoms with Crippen LogP contribution in [0.25, 0.3) is 10.1 Å². The Labute approximate surface area is 256 Å². The normalized spacial score (nSPS) is 18.5. The summed E-state index contributed by atoms with van der Waals surface area (Å²) in [5.41, 5.74) is 0.937. The van der Waals surface area contributed by atoms with Gasteiger partial charge in [-0.3, -0.25) is 4.90 Å². The molecular formula is C30H35F5N3O4PS. The molecule has 14 heteroatoms. The summed E-state index contributed by atoms with van der Waals surface area (Å²) in [7, 11) is -2.62. The van der Waals surface area contributed by atoms with Crippen LogP contribution in [-0.2, 0) is 11.0 Å². The standard InChI is InChI=1S/C30H35F5N3O4PS/c1-43(2,41)20-8-9-25(27(13-20)42-18-31)36-11-4-7-28-22(14-30(33,34)35)21-5-3-6-26(29(21)44-28)37-24-10-12-38(16-23(24)32)15-19(40)17-39/h3,5-6,8-9,13,19,23-24,36-37,39-40H,10-12,14-18H2,1-2H3. The molecule has 0 amide bonds. The number of fused-ring (bicyclic) bond motifs is 1. The maximum atomic E-state index is 15.1. The van der Waals surface area contributed by atoms with Crippen LogP contribution in [-0.4, -0.2) is 92.6 Å². The molecule has 4 N–H and O–H groups in total. The number of anilines is 2. The van der Waals surface area contributed by atoms with Crippen molar-refractivity contribution in [2.24, 2.45) is 0 Å². The number of aliphatic hydroxyl groups is 2. The molecule has 0 spiro atoms. The summed E-state index contributed by atoms with van der Waals surface area (Å²) in [6, 6.07) is 9.04. The second-order valence-corrected chi connectivity index (χ2v) is 15.2. The molecule has 1 aromatic heterocycles. The molecule has 1 saturated heterocycles. The maximum Gasteiger partial charge on any atom is 0.393 e. The van der Waals surface area contributed by atoms with Crippen LogP contribution in [0.4, 0.5) is 33.3 Å². The molecule has 1 fully saturated rings. The number of nitrogens with zero attached hydrogens (tertiary/aromatic N) is 1. The molecule has 7 nitrogen and oxygen atoms in total. The number of ether oxygens (including phenoxy) is 1. The summed E-state index contributed by atoms with van der Waals surface area (Å²) in [6.45, 7) is 2.33. The summed E-state index contributed by atoms with van der Waals surface area (Å²) in [5, 5.41) is 25.8. The number of benzene rings is 2. The lowest BCUT2D eigenvalue weighted by Crippen LogP contribution is -2.50. The van der Waals surface area contributed by atoms with E-state index in [1.807, 2.05) is 0 Å². The molecule has 3 unspecified atom stereocenters. The van der Waals surface area contributed by atoms with E-state index in [0.29, 0.717) is 39.7 Å². The van der Waals surface area contributed by atoms with Gasteiger partial charge in [-0.2, -0.15) is 13.2 Å². The smallest absolute Gasteiger partial charge is 0.393 e. The zero-order valence-corrected chi connectivity index (χ0v) is 26.0. The van der Waals surface area contributed by atoms with E-state index >= 15 is 4.39 Å². The number of piperidine rings is 1. The number of likely N-dealkylation sites (tertiary alicyclic amines) is 1. The molecule has 3 atom stereocenters. The number of nitrogens with one attached hydrogen (secondary N) is 2. The SMILES string of the molecule is CP(C)(=O)c1ccc(NCC#Cc2sc3c(NC4CCN(CC(O)CO)CC4F)cccc3c2CC(F)(F)F)c(OCF)c1. The molecule has 0 aliphatic carbocycles. The largest absolute Gasteiger partial charge is 0.461 e. The van der Waals surface area contributed by atoms with Crippen molar-refractivity contribution in [3.63, 3.8) is 0 Å². The number of thiophene rings is 1. The van der Waals surface area contributed by atoms with E-state index in [1.165, 1.54) is 6.07 Å². The fourth-order valence-corrected chi connectivity index (χ4v) is 7.08. The van der Waals surface area contributed by atoms with Crippen molar-refractivity contribution in [3.05, 3.63) is 46.8 Å². The van der Waals surface area contributed by atoms with Crippen molar-refractivity contribution < 1.29 is 41.5 Å². The minimum absolute atomic E-state index is 0.00972. The predicted molar refractivity (Wildman–Crippen MR) is 166 cm³/mol. The Bertz CT molecular complexity index is 1550. The van der Waals surface area contributed by atoms with Crippen LogP contribution in [0.2, 0.25) is 0 Å². The van der Waals surface area contributed by atoms with Crippen molar-refractivity contribution in [1.82, 2.24) is 4.90 Å². The first-order chi connectivity index (χ1) is 20.8. The highest BCUT2D eigenvalue weighted by Gasteiger charge is 2.33. The first kappa shape index (κ1) is 34.0. The lowest BCUT2D eigenvalue weighted by Gasteiger charge is -2.36. The third kappa shape index (κ3) is 8.86. The van der Waals surface area contributed by atoms with E-state index < -0.39 is 51.5 Å². The van der Waals surface area contributed by atoms with Crippen molar-refractivity contribution in [1.29, 1.82) is 0 Å². The van der Waals surface area contributed by atoms with E-state index in [1.54, 1.807) is 48.6 Å². The van der Waals surface area contributed by atoms with Gasteiger partial charge in [0.1, 0.15) is 19.1 Å². The van der Waals surface area contributed by atoms with Crippen LogP contribution in [0, 0.1) is 11.8 Å². The van der Waals surface area contributed by atoms with Crippen LogP contribution in [0.5, 0.6) is 5.75 Å². The average molecular weight is 660 g/mol. The number of hydrogen-bond donors (Lipinski definition) is 4. The van der Waals surface area contributed by atoms with E-state index in [-0.39, 0.29) is 35.8 Å². The molecule has 0 bridgehead atoms. The Kier molecular flexibility index (Phi) is 11.2. The van der Waals surface area contributed by atoms with Crippen molar-refractivity contribution in [2.75, 3.05) is 63.6 Å². The number of halogens is 5. The highest BCUT2D eigenvalue weighted by molar-refractivity contribution is 7.70. The molecule has 0 radical (unpaired) electrons. The fourth-order valence-electron chi connectivity index (χ4n) is 5.05. The minimum Gasteiger partial charge on any atom is -0.461 e. The highest BCUT2D eigenvalue weighted by Crippen LogP contribution is 2.40. The van der Waals surface area contributed by atoms with E-state index in [0.717, 1.165) is 11.3 Å². The number of rotatable bonds is 11. The van der Waals surface area contributed by atoms with Crippen molar-refractivity contribution in [2.45, 2.75) is 37.3 Å². The van der Waals surface area contributed by atoms with Crippen molar-refractivity contribution >= 4 is 45.2 Å². The molecule has 0 saturated carbocycles. The van der Waals surface area contributed by atoms with Crippen LogP contribution >= 0.6 is 18.5 Å². The summed E-state index contributed by atoms with van der Waals surface area (Å²) in [4.78, 5) is 1.96. The summed E-state index contributed by atoms with van der Waals surface area (Å²) >= 11 is 1.09. The van der Waals surface area contributed by atoms with Crippen LogP contribution in [0.15, 0.2) is 36.4 Å². The van der Waals surface area contributed by atoms with Crippen molar-refractivity contribution in [3.8, 4) is 17.6 Å². The van der Waals surface area contributed by atoms with Gasteiger partial charge in [0.2, 0.25) is 6.86 Å². The Balaban J connectivity index is 1.56. The minimum atomic E-state index is -4.49. The molecule has 2 aromatic carbocycles. The van der Waals surface area contributed by atoms with Gasteiger partial charge in [0.05, 0.1) is 52.7 Å². The van der Waals surface area contributed by atoms with Gasteiger partial charge in [-0.25, -0.2) is 8.78 Å². The van der Waals surface area contributed by atoms with Crippen LogP contribution in [0.3, 0.4) is 0 Å². The summed E-state index contributed by atoms with van der Waals surface area (Å²) < 4.78 is 86.9. The van der Waals surface area contributed by atoms with Gasteiger partial charge in [-0.15, -0.1) is 11.3 Å². The molecule has 3 aromatic rings. The molecule has 44 heavy (non-hydrogen) atoms. The number of alkyl halides is 5. The van der Waals surface area contributed by atoms with Crippen LogP contribution < -0.4 is 20.7 Å². The van der Waals surface area contributed by atoms with E-state index in [4.69, 9.17) is 9.84 Å². The molecule has 1 aliphatic heterocycles. The zero-order chi connectivity index (χ0) is 32.1. The molecule has 1 aliphatic rings.